The van der Waals surface area contributed by atoms with Crippen LogP contribution in [0.1, 0.15) is 20.8 Å². The summed E-state index contributed by atoms with van der Waals surface area (Å²) in [5.41, 5.74) is -0.435. The zero-order chi connectivity index (χ0) is 11.6. The second kappa shape index (κ2) is 4.61. The van der Waals surface area contributed by atoms with Gasteiger partial charge in [0.1, 0.15) is 11.4 Å². The summed E-state index contributed by atoms with van der Waals surface area (Å²) < 4.78 is 16.1. The van der Waals surface area contributed by atoms with Crippen molar-refractivity contribution in [1.29, 1.82) is 0 Å². The third kappa shape index (κ3) is 4.30. The van der Waals surface area contributed by atoms with Gasteiger partial charge in [-0.25, -0.2) is 4.79 Å². The highest BCUT2D eigenvalue weighted by Crippen LogP contribution is 2.20. The summed E-state index contributed by atoms with van der Waals surface area (Å²) >= 11 is -0.770. The summed E-state index contributed by atoms with van der Waals surface area (Å²) in [5, 5.41) is 0. The van der Waals surface area contributed by atoms with E-state index in [0.717, 1.165) is 0 Å². The Balaban J connectivity index is 2.24. The number of amides is 1. The topological polar surface area (TPSA) is 52.6 Å². The molecule has 4 nitrogen and oxygen atoms in total. The van der Waals surface area contributed by atoms with Crippen molar-refractivity contribution in [2.75, 3.05) is 25.1 Å². The number of ether oxygens (including phenoxy) is 1. The Morgan fingerprint density at radius 2 is 2.07 bits per heavy atom. The molecule has 1 aliphatic rings. The van der Waals surface area contributed by atoms with Crippen LogP contribution in [0, 0.1) is 5.92 Å². The molecule has 1 unspecified atom stereocenters. The monoisotopic (exact) mass is 233 g/mol. The van der Waals surface area contributed by atoms with Gasteiger partial charge in [0.2, 0.25) is 0 Å². The lowest BCUT2D eigenvalue weighted by molar-refractivity contribution is 0.00194. The SMILES string of the molecule is C[S+]([O-])CC1CN(C(=O)OC(C)(C)C)C1. The first-order chi connectivity index (χ1) is 6.78. The Labute approximate surface area is 94.1 Å². The van der Waals surface area contributed by atoms with Crippen molar-refractivity contribution in [2.45, 2.75) is 26.4 Å². The van der Waals surface area contributed by atoms with Gasteiger partial charge in [-0.3, -0.25) is 0 Å². The molecule has 1 heterocycles. The highest BCUT2D eigenvalue weighted by molar-refractivity contribution is 7.90. The summed E-state index contributed by atoms with van der Waals surface area (Å²) in [7, 11) is 0. The second-order valence-corrected chi connectivity index (χ2v) is 6.47. The lowest BCUT2D eigenvalue weighted by Crippen LogP contribution is -2.53. The second-order valence-electron chi connectivity index (χ2n) is 4.99. The molecule has 0 aliphatic carbocycles. The number of rotatable bonds is 2. The van der Waals surface area contributed by atoms with Crippen molar-refractivity contribution in [1.82, 2.24) is 4.90 Å². The first kappa shape index (κ1) is 12.6. The summed E-state index contributed by atoms with van der Waals surface area (Å²) in [4.78, 5) is 13.2. The zero-order valence-corrected chi connectivity index (χ0v) is 10.6. The minimum absolute atomic E-state index is 0.263. The number of hydrogen-bond donors (Lipinski definition) is 0. The van der Waals surface area contributed by atoms with Gasteiger partial charge in [0.05, 0.1) is 6.26 Å². The van der Waals surface area contributed by atoms with Crippen LogP contribution in [0.25, 0.3) is 0 Å². The molecule has 1 rings (SSSR count). The average molecular weight is 233 g/mol. The van der Waals surface area contributed by atoms with Crippen LogP contribution in [0.3, 0.4) is 0 Å². The predicted molar refractivity (Wildman–Crippen MR) is 60.2 cm³/mol. The molecule has 1 fully saturated rings. The Kier molecular flexibility index (Phi) is 3.89. The minimum Gasteiger partial charge on any atom is -0.617 e. The quantitative estimate of drug-likeness (QED) is 0.674. The summed E-state index contributed by atoms with van der Waals surface area (Å²) in [6.45, 7) is 6.90. The van der Waals surface area contributed by atoms with Gasteiger partial charge in [0.25, 0.3) is 0 Å². The molecule has 1 amide bonds. The molecule has 0 radical (unpaired) electrons. The maximum Gasteiger partial charge on any atom is 0.410 e. The highest BCUT2D eigenvalue weighted by Gasteiger charge is 2.35. The summed E-state index contributed by atoms with van der Waals surface area (Å²) in [6.07, 6.45) is 1.43. The molecular formula is C10H19NO3S. The van der Waals surface area contributed by atoms with Gasteiger partial charge in [-0.1, -0.05) is 11.2 Å². The minimum atomic E-state index is -0.770. The van der Waals surface area contributed by atoms with Gasteiger partial charge in [-0.05, 0) is 20.8 Å². The van der Waals surface area contributed by atoms with E-state index in [9.17, 15) is 9.35 Å². The van der Waals surface area contributed by atoms with Crippen LogP contribution in [-0.2, 0) is 15.9 Å². The Morgan fingerprint density at radius 3 is 2.47 bits per heavy atom. The summed E-state index contributed by atoms with van der Waals surface area (Å²) in [6, 6.07) is 0. The molecule has 1 atom stereocenters. The molecule has 88 valence electrons. The number of likely N-dealkylation sites (tertiary alicyclic amines) is 1. The van der Waals surface area contributed by atoms with Crippen molar-refractivity contribution in [3.63, 3.8) is 0 Å². The average Bonchev–Trinajstić information content (AvgIpc) is 1.91. The van der Waals surface area contributed by atoms with E-state index in [1.807, 2.05) is 20.8 Å². The van der Waals surface area contributed by atoms with E-state index in [0.29, 0.717) is 24.8 Å². The third-order valence-electron chi connectivity index (χ3n) is 2.08. The van der Waals surface area contributed by atoms with Gasteiger partial charge in [0, 0.05) is 19.0 Å². The van der Waals surface area contributed by atoms with Crippen LogP contribution in [0.4, 0.5) is 4.79 Å². The zero-order valence-electron chi connectivity index (χ0n) is 9.78. The van der Waals surface area contributed by atoms with E-state index in [-0.39, 0.29) is 6.09 Å². The van der Waals surface area contributed by atoms with Crippen LogP contribution in [0.2, 0.25) is 0 Å². The predicted octanol–water partition coefficient (Wildman–Crippen LogP) is 1.23. The van der Waals surface area contributed by atoms with Crippen molar-refractivity contribution >= 4 is 17.3 Å². The fourth-order valence-corrected chi connectivity index (χ4v) is 2.36. The maximum absolute atomic E-state index is 11.5. The lowest BCUT2D eigenvalue weighted by atomic mass is 10.0. The van der Waals surface area contributed by atoms with E-state index in [1.54, 1.807) is 11.2 Å². The smallest absolute Gasteiger partial charge is 0.410 e. The maximum atomic E-state index is 11.5. The molecule has 5 heteroatoms. The largest absolute Gasteiger partial charge is 0.617 e. The molecule has 15 heavy (non-hydrogen) atoms. The molecule has 0 saturated carbocycles. The molecule has 0 aromatic carbocycles. The van der Waals surface area contributed by atoms with Crippen molar-refractivity contribution < 1.29 is 14.1 Å². The van der Waals surface area contributed by atoms with Gasteiger partial charge in [-0.15, -0.1) is 0 Å². The number of hydrogen-bond acceptors (Lipinski definition) is 3. The molecule has 0 N–H and O–H groups in total. The van der Waals surface area contributed by atoms with E-state index < -0.39 is 16.8 Å². The van der Waals surface area contributed by atoms with Gasteiger partial charge >= 0.3 is 6.09 Å². The normalized spacial score (nSPS) is 19.7. The van der Waals surface area contributed by atoms with Crippen LogP contribution >= 0.6 is 0 Å². The van der Waals surface area contributed by atoms with Gasteiger partial charge in [0.15, 0.2) is 0 Å². The Hall–Kier alpha value is -0.420. The fraction of sp³-hybridized carbons (Fsp3) is 0.900. The molecule has 0 aromatic rings. The van der Waals surface area contributed by atoms with Crippen LogP contribution in [0.5, 0.6) is 0 Å². The lowest BCUT2D eigenvalue weighted by Gasteiger charge is -2.39. The molecule has 0 bridgehead atoms. The van der Waals surface area contributed by atoms with Crippen LogP contribution in [-0.4, -0.2) is 46.2 Å². The number of nitrogens with zero attached hydrogens (tertiary/aromatic N) is 1. The Bertz CT molecular complexity index is 231. The first-order valence-corrected chi connectivity index (χ1v) is 6.78. The van der Waals surface area contributed by atoms with Crippen molar-refractivity contribution in [2.24, 2.45) is 5.92 Å². The Morgan fingerprint density at radius 1 is 1.53 bits per heavy atom. The number of carbonyl (C=O) groups excluding carboxylic acids is 1. The van der Waals surface area contributed by atoms with Crippen LogP contribution < -0.4 is 0 Å². The third-order valence-corrected chi connectivity index (χ3v) is 3.02. The van der Waals surface area contributed by atoms with E-state index in [4.69, 9.17) is 4.74 Å². The molecule has 1 saturated heterocycles. The van der Waals surface area contributed by atoms with Gasteiger partial charge in [-0.2, -0.15) is 0 Å². The first-order valence-electron chi connectivity index (χ1n) is 5.06. The molecule has 0 spiro atoms. The van der Waals surface area contributed by atoms with Crippen molar-refractivity contribution in [3.8, 4) is 0 Å². The molecule has 1 aliphatic heterocycles. The summed E-state index contributed by atoms with van der Waals surface area (Å²) in [5.74, 6) is 1.06. The molecule has 0 aromatic heterocycles. The van der Waals surface area contributed by atoms with Crippen molar-refractivity contribution in [3.05, 3.63) is 0 Å². The van der Waals surface area contributed by atoms with E-state index >= 15 is 0 Å². The number of carbonyl (C=O) groups is 1. The van der Waals surface area contributed by atoms with E-state index in [1.165, 1.54) is 0 Å². The van der Waals surface area contributed by atoms with E-state index in [2.05, 4.69) is 0 Å². The highest BCUT2D eigenvalue weighted by atomic mass is 32.2. The molecular weight excluding hydrogens is 214 g/mol. The standard InChI is InChI=1S/C10H19NO3S/c1-10(2,3)14-9(12)11-5-8(6-11)7-15(4)13/h8H,5-7H2,1-4H3. The van der Waals surface area contributed by atoms with Crippen LogP contribution in [0.15, 0.2) is 0 Å². The fourth-order valence-electron chi connectivity index (χ4n) is 1.48. The van der Waals surface area contributed by atoms with Gasteiger partial charge < -0.3 is 14.2 Å².